The second-order valence-corrected chi connectivity index (χ2v) is 6.65. The number of hydroxylamine groups is 2. The van der Waals surface area contributed by atoms with Gasteiger partial charge >= 0.3 is 12.1 Å². The van der Waals surface area contributed by atoms with E-state index in [1.807, 2.05) is 6.07 Å². The lowest BCUT2D eigenvalue weighted by Crippen LogP contribution is -2.57. The largest absolute Gasteiger partial charge is 0.444 e. The number of piperazine rings is 1. The van der Waals surface area contributed by atoms with E-state index in [4.69, 9.17) is 9.57 Å². The van der Waals surface area contributed by atoms with Crippen molar-refractivity contribution in [3.8, 4) is 0 Å². The van der Waals surface area contributed by atoms with E-state index in [0.29, 0.717) is 18.7 Å². The number of hydrogen-bond acceptors (Lipinski definition) is 6. The number of aliphatic hydroxyl groups is 1. The second-order valence-electron chi connectivity index (χ2n) is 6.65. The molecule has 1 aromatic rings. The topological polar surface area (TPSA) is 79.3 Å². The number of carbonyl (C=O) groups is 2. The zero-order valence-corrected chi connectivity index (χ0v) is 14.3. The van der Waals surface area contributed by atoms with Crippen LogP contribution in [0.3, 0.4) is 0 Å². The maximum absolute atomic E-state index is 12.1. The van der Waals surface area contributed by atoms with Crippen LogP contribution in [0, 0.1) is 0 Å². The molecule has 1 atom stereocenters. The molecule has 0 bridgehead atoms. The molecule has 1 saturated heterocycles. The molecule has 0 saturated carbocycles. The number of ether oxygens (including phenoxy) is 1. The van der Waals surface area contributed by atoms with Crippen molar-refractivity contribution in [1.82, 2.24) is 9.96 Å². The lowest BCUT2D eigenvalue weighted by molar-refractivity contribution is -0.168. The first-order chi connectivity index (χ1) is 11.3. The van der Waals surface area contributed by atoms with Gasteiger partial charge in [0.05, 0.1) is 24.8 Å². The maximum Gasteiger partial charge on any atom is 0.410 e. The minimum absolute atomic E-state index is 0.230. The molecular formula is C17H24N2O5. The molecule has 0 aromatic heterocycles. The fourth-order valence-corrected chi connectivity index (χ4v) is 2.33. The Bertz CT molecular complexity index is 570. The molecule has 1 N–H and O–H groups in total. The molecule has 1 aromatic carbocycles. The number of benzene rings is 1. The Morgan fingerprint density at radius 3 is 2.46 bits per heavy atom. The van der Waals surface area contributed by atoms with Gasteiger partial charge in [-0.3, -0.25) is 0 Å². The predicted octanol–water partition coefficient (Wildman–Crippen LogP) is 1.67. The zero-order chi connectivity index (χ0) is 17.7. The van der Waals surface area contributed by atoms with Gasteiger partial charge < -0.3 is 19.6 Å². The Morgan fingerprint density at radius 1 is 1.21 bits per heavy atom. The van der Waals surface area contributed by atoms with Gasteiger partial charge in [-0.25, -0.2) is 9.59 Å². The van der Waals surface area contributed by atoms with Gasteiger partial charge in [-0.15, -0.1) is 5.06 Å². The third-order valence-corrected chi connectivity index (χ3v) is 3.50. The van der Waals surface area contributed by atoms with E-state index in [9.17, 15) is 14.7 Å². The van der Waals surface area contributed by atoms with Crippen LogP contribution in [0.2, 0.25) is 0 Å². The molecular weight excluding hydrogens is 312 g/mol. The number of carbonyl (C=O) groups excluding carboxylic acids is 2. The number of nitrogens with zero attached hydrogens (tertiary/aromatic N) is 2. The molecule has 0 spiro atoms. The summed E-state index contributed by atoms with van der Waals surface area (Å²) < 4.78 is 5.33. The summed E-state index contributed by atoms with van der Waals surface area (Å²) in [6.45, 7) is 6.05. The normalized spacial score (nSPS) is 19.0. The molecule has 7 nitrogen and oxygen atoms in total. The van der Waals surface area contributed by atoms with Crippen molar-refractivity contribution < 1.29 is 24.3 Å². The third kappa shape index (κ3) is 4.94. The Labute approximate surface area is 141 Å². The van der Waals surface area contributed by atoms with Crippen LogP contribution in [0.1, 0.15) is 31.1 Å². The van der Waals surface area contributed by atoms with Crippen molar-refractivity contribution in [2.24, 2.45) is 0 Å². The number of aliphatic hydroxyl groups excluding tert-OH is 1. The van der Waals surface area contributed by atoms with Gasteiger partial charge in [0.15, 0.2) is 0 Å². The summed E-state index contributed by atoms with van der Waals surface area (Å²) in [6.07, 6.45) is -0.435. The Kier molecular flexibility index (Phi) is 5.80. The Morgan fingerprint density at radius 2 is 1.88 bits per heavy atom. The lowest BCUT2D eigenvalue weighted by atomic mass is 10.2. The average molecular weight is 336 g/mol. The van der Waals surface area contributed by atoms with E-state index in [0.717, 1.165) is 0 Å². The molecule has 132 valence electrons. The highest BCUT2D eigenvalue weighted by atomic mass is 16.7. The van der Waals surface area contributed by atoms with Gasteiger partial charge in [0.1, 0.15) is 5.60 Å². The summed E-state index contributed by atoms with van der Waals surface area (Å²) in [5, 5.41) is 11.0. The van der Waals surface area contributed by atoms with E-state index >= 15 is 0 Å². The van der Waals surface area contributed by atoms with Crippen molar-refractivity contribution in [1.29, 1.82) is 0 Å². The Hall–Kier alpha value is -2.12. The molecule has 2 rings (SSSR count). The molecule has 24 heavy (non-hydrogen) atoms. The molecule has 1 heterocycles. The summed E-state index contributed by atoms with van der Waals surface area (Å²) in [5.41, 5.74) is -0.147. The first kappa shape index (κ1) is 18.2. The third-order valence-electron chi connectivity index (χ3n) is 3.50. The summed E-state index contributed by atoms with van der Waals surface area (Å²) >= 11 is 0. The summed E-state index contributed by atoms with van der Waals surface area (Å²) in [7, 11) is 0. The number of hydrogen-bond donors (Lipinski definition) is 1. The van der Waals surface area contributed by atoms with E-state index in [1.54, 1.807) is 45.0 Å². The number of amides is 1. The van der Waals surface area contributed by atoms with Gasteiger partial charge in [-0.1, -0.05) is 18.2 Å². The molecule has 1 unspecified atom stereocenters. The zero-order valence-electron chi connectivity index (χ0n) is 14.3. The van der Waals surface area contributed by atoms with E-state index in [-0.39, 0.29) is 13.2 Å². The first-order valence-electron chi connectivity index (χ1n) is 7.93. The number of rotatable bonds is 3. The molecule has 0 radical (unpaired) electrons. The van der Waals surface area contributed by atoms with Gasteiger partial charge in [0.2, 0.25) is 0 Å². The minimum atomic E-state index is -0.581. The van der Waals surface area contributed by atoms with Crippen molar-refractivity contribution in [2.45, 2.75) is 32.4 Å². The van der Waals surface area contributed by atoms with E-state index in [2.05, 4.69) is 0 Å². The standard InChI is InChI=1S/C17H24N2O5/c1-17(2,3)23-16(22)18-9-10-19(14(11-18)12-20)24-15(21)13-7-5-4-6-8-13/h4-8,14,20H,9-12H2,1-3H3. The highest BCUT2D eigenvalue weighted by Gasteiger charge is 2.33. The van der Waals surface area contributed by atoms with Crippen LogP contribution in [0.4, 0.5) is 4.79 Å². The van der Waals surface area contributed by atoms with Crippen molar-refractivity contribution in [3.05, 3.63) is 35.9 Å². The summed E-state index contributed by atoms with van der Waals surface area (Å²) in [5.74, 6) is -0.486. The van der Waals surface area contributed by atoms with Crippen LogP contribution in [-0.2, 0) is 9.57 Å². The fraction of sp³-hybridized carbons (Fsp3) is 0.529. The molecule has 1 aliphatic rings. The van der Waals surface area contributed by atoms with Crippen LogP contribution in [0.5, 0.6) is 0 Å². The molecule has 7 heteroatoms. The predicted molar refractivity (Wildman–Crippen MR) is 87.2 cm³/mol. The van der Waals surface area contributed by atoms with Crippen LogP contribution in [0.25, 0.3) is 0 Å². The fourth-order valence-electron chi connectivity index (χ4n) is 2.33. The highest BCUT2D eigenvalue weighted by molar-refractivity contribution is 5.89. The van der Waals surface area contributed by atoms with Gasteiger partial charge in [-0.05, 0) is 32.9 Å². The molecule has 1 fully saturated rings. The van der Waals surface area contributed by atoms with Crippen LogP contribution < -0.4 is 0 Å². The molecule has 1 aliphatic heterocycles. The molecule has 1 amide bonds. The Balaban J connectivity index is 1.95. The van der Waals surface area contributed by atoms with Crippen LogP contribution in [-0.4, -0.2) is 65.0 Å². The lowest BCUT2D eigenvalue weighted by Gasteiger charge is -2.39. The van der Waals surface area contributed by atoms with Gasteiger partial charge in [-0.2, -0.15) is 0 Å². The van der Waals surface area contributed by atoms with Crippen molar-refractivity contribution in [3.63, 3.8) is 0 Å². The van der Waals surface area contributed by atoms with Crippen LogP contribution >= 0.6 is 0 Å². The van der Waals surface area contributed by atoms with Crippen molar-refractivity contribution in [2.75, 3.05) is 26.2 Å². The van der Waals surface area contributed by atoms with Crippen molar-refractivity contribution >= 4 is 12.1 Å². The second kappa shape index (κ2) is 7.63. The quantitative estimate of drug-likeness (QED) is 0.904. The van der Waals surface area contributed by atoms with Gasteiger partial charge in [0.25, 0.3) is 0 Å². The monoisotopic (exact) mass is 336 g/mol. The van der Waals surface area contributed by atoms with E-state index in [1.165, 1.54) is 9.96 Å². The van der Waals surface area contributed by atoms with E-state index < -0.39 is 23.7 Å². The van der Waals surface area contributed by atoms with Gasteiger partial charge in [0, 0.05) is 13.1 Å². The smallest absolute Gasteiger partial charge is 0.410 e. The summed E-state index contributed by atoms with van der Waals surface area (Å²) in [4.78, 5) is 31.1. The highest BCUT2D eigenvalue weighted by Crippen LogP contribution is 2.16. The summed E-state index contributed by atoms with van der Waals surface area (Å²) in [6, 6.07) is 8.15. The maximum atomic E-state index is 12.1. The average Bonchev–Trinajstić information content (AvgIpc) is 2.54. The SMILES string of the molecule is CC(C)(C)OC(=O)N1CCN(OC(=O)c2ccccc2)C(CO)C1. The molecule has 0 aliphatic carbocycles. The van der Waals surface area contributed by atoms with Crippen LogP contribution in [0.15, 0.2) is 30.3 Å². The minimum Gasteiger partial charge on any atom is -0.444 e. The first-order valence-corrected chi connectivity index (χ1v) is 7.93.